The molecule has 0 aromatic heterocycles. The van der Waals surface area contributed by atoms with E-state index in [2.05, 4.69) is 36.5 Å². The maximum Gasteiger partial charge on any atom is 0.0454 e. The molecule has 0 bridgehead atoms. The van der Waals surface area contributed by atoms with Gasteiger partial charge in [0, 0.05) is 16.1 Å². The number of halogens is 2. The van der Waals surface area contributed by atoms with Gasteiger partial charge in [0.2, 0.25) is 0 Å². The van der Waals surface area contributed by atoms with Gasteiger partial charge in [-0.05, 0) is 56.1 Å². The van der Waals surface area contributed by atoms with Crippen LogP contribution in [0, 0.1) is 6.92 Å². The molecule has 0 radical (unpaired) electrons. The number of aryl methyl sites for hydroxylation is 2. The summed E-state index contributed by atoms with van der Waals surface area (Å²) in [6, 6.07) is 14.5. The van der Waals surface area contributed by atoms with E-state index in [-0.39, 0.29) is 6.04 Å². The molecule has 1 atom stereocenters. The number of hydrogen-bond donors (Lipinski definition) is 1. The van der Waals surface area contributed by atoms with Gasteiger partial charge in [-0.25, -0.2) is 0 Å². The van der Waals surface area contributed by atoms with Crippen molar-refractivity contribution in [2.24, 2.45) is 0 Å². The predicted octanol–water partition coefficient (Wildman–Crippen LogP) is 5.20. The minimum atomic E-state index is 0.211. The average molecular weight is 308 g/mol. The van der Waals surface area contributed by atoms with Crippen LogP contribution in [0.2, 0.25) is 10.0 Å². The zero-order chi connectivity index (χ0) is 14.5. The zero-order valence-corrected chi connectivity index (χ0v) is 13.3. The molecule has 3 heteroatoms. The summed E-state index contributed by atoms with van der Waals surface area (Å²) in [6.07, 6.45) is 1.99. The zero-order valence-electron chi connectivity index (χ0n) is 11.8. The molecular weight excluding hydrogens is 289 g/mol. The first kappa shape index (κ1) is 15.4. The third-order valence-corrected chi connectivity index (χ3v) is 4.10. The van der Waals surface area contributed by atoms with Crippen LogP contribution in [-0.4, -0.2) is 7.05 Å². The fraction of sp³-hybridized carbons (Fsp3) is 0.294. The summed E-state index contributed by atoms with van der Waals surface area (Å²) < 4.78 is 0. The smallest absolute Gasteiger partial charge is 0.0454 e. The molecule has 1 nitrogen and oxygen atoms in total. The molecule has 0 fully saturated rings. The van der Waals surface area contributed by atoms with Gasteiger partial charge >= 0.3 is 0 Å². The Kier molecular flexibility index (Phi) is 5.47. The van der Waals surface area contributed by atoms with E-state index in [1.807, 2.05) is 25.2 Å². The van der Waals surface area contributed by atoms with Crippen molar-refractivity contribution in [2.45, 2.75) is 25.8 Å². The fourth-order valence-corrected chi connectivity index (χ4v) is 2.73. The van der Waals surface area contributed by atoms with Crippen LogP contribution in [-0.2, 0) is 6.42 Å². The van der Waals surface area contributed by atoms with Gasteiger partial charge in [0.15, 0.2) is 0 Å². The van der Waals surface area contributed by atoms with Crippen molar-refractivity contribution in [3.05, 3.63) is 69.2 Å². The first-order valence-corrected chi connectivity index (χ1v) is 7.53. The van der Waals surface area contributed by atoms with Crippen LogP contribution in [0.1, 0.15) is 29.2 Å². The van der Waals surface area contributed by atoms with E-state index >= 15 is 0 Å². The Bertz CT molecular complexity index is 564. The Hall–Kier alpha value is -1.02. The molecule has 0 aliphatic rings. The van der Waals surface area contributed by atoms with Gasteiger partial charge in [0.1, 0.15) is 0 Å². The lowest BCUT2D eigenvalue weighted by molar-refractivity contribution is 0.549. The topological polar surface area (TPSA) is 12.0 Å². The largest absolute Gasteiger partial charge is 0.313 e. The van der Waals surface area contributed by atoms with Gasteiger partial charge in [-0.2, -0.15) is 0 Å². The monoisotopic (exact) mass is 307 g/mol. The maximum absolute atomic E-state index is 6.27. The maximum atomic E-state index is 6.27. The van der Waals surface area contributed by atoms with E-state index in [4.69, 9.17) is 23.2 Å². The summed E-state index contributed by atoms with van der Waals surface area (Å²) in [5.41, 5.74) is 3.69. The molecule has 0 saturated heterocycles. The van der Waals surface area contributed by atoms with Gasteiger partial charge in [0.25, 0.3) is 0 Å². The lowest BCUT2D eigenvalue weighted by Gasteiger charge is -2.18. The second kappa shape index (κ2) is 7.12. The average Bonchev–Trinajstić information content (AvgIpc) is 2.45. The molecule has 106 valence electrons. The van der Waals surface area contributed by atoms with Crippen molar-refractivity contribution in [3.8, 4) is 0 Å². The third-order valence-electron chi connectivity index (χ3n) is 3.52. The molecule has 0 spiro atoms. The van der Waals surface area contributed by atoms with Crippen LogP contribution in [0.15, 0.2) is 42.5 Å². The summed E-state index contributed by atoms with van der Waals surface area (Å²) in [5.74, 6) is 0. The molecule has 1 N–H and O–H groups in total. The van der Waals surface area contributed by atoms with Crippen LogP contribution in [0.25, 0.3) is 0 Å². The Morgan fingerprint density at radius 1 is 1.05 bits per heavy atom. The highest BCUT2D eigenvalue weighted by Gasteiger charge is 2.13. The molecule has 20 heavy (non-hydrogen) atoms. The normalized spacial score (nSPS) is 12.4. The minimum absolute atomic E-state index is 0.211. The second-order valence-corrected chi connectivity index (χ2v) is 5.88. The summed E-state index contributed by atoms with van der Waals surface area (Å²) in [6.45, 7) is 2.10. The van der Waals surface area contributed by atoms with Gasteiger partial charge in [-0.3, -0.25) is 0 Å². The quantitative estimate of drug-likeness (QED) is 0.801. The molecule has 2 aromatic carbocycles. The fourth-order valence-electron chi connectivity index (χ4n) is 2.30. The van der Waals surface area contributed by atoms with E-state index in [0.717, 1.165) is 28.5 Å². The third kappa shape index (κ3) is 3.99. The number of rotatable bonds is 5. The molecule has 0 aliphatic carbocycles. The standard InChI is InChI=1S/C17H19Cl2N/c1-12-3-5-13(6-4-12)7-10-17(20-2)15-11-14(18)8-9-16(15)19/h3-6,8-9,11,17,20H,7,10H2,1-2H3. The Balaban J connectivity index is 2.09. The SMILES string of the molecule is CNC(CCc1ccc(C)cc1)c1cc(Cl)ccc1Cl. The second-order valence-electron chi connectivity index (χ2n) is 5.03. The van der Waals surface area contributed by atoms with E-state index in [1.54, 1.807) is 0 Å². The van der Waals surface area contributed by atoms with Crippen molar-refractivity contribution in [1.82, 2.24) is 5.32 Å². The summed E-state index contributed by atoms with van der Waals surface area (Å²) in [4.78, 5) is 0. The number of benzene rings is 2. The Morgan fingerprint density at radius 2 is 1.75 bits per heavy atom. The van der Waals surface area contributed by atoms with Crippen LogP contribution in [0.5, 0.6) is 0 Å². The Morgan fingerprint density at radius 3 is 2.40 bits per heavy atom. The van der Waals surface area contributed by atoms with Crippen LogP contribution < -0.4 is 5.32 Å². The van der Waals surface area contributed by atoms with Gasteiger partial charge in [-0.15, -0.1) is 0 Å². The van der Waals surface area contributed by atoms with Crippen LogP contribution in [0.4, 0.5) is 0 Å². The van der Waals surface area contributed by atoms with Crippen LogP contribution >= 0.6 is 23.2 Å². The van der Waals surface area contributed by atoms with E-state index < -0.39 is 0 Å². The highest BCUT2D eigenvalue weighted by molar-refractivity contribution is 6.33. The molecule has 0 heterocycles. The van der Waals surface area contributed by atoms with E-state index in [9.17, 15) is 0 Å². The van der Waals surface area contributed by atoms with Crippen molar-refractivity contribution < 1.29 is 0 Å². The summed E-state index contributed by atoms with van der Waals surface area (Å²) in [5, 5.41) is 4.81. The van der Waals surface area contributed by atoms with Crippen molar-refractivity contribution in [2.75, 3.05) is 7.05 Å². The summed E-state index contributed by atoms with van der Waals surface area (Å²) >= 11 is 12.3. The lowest BCUT2D eigenvalue weighted by Crippen LogP contribution is -2.17. The van der Waals surface area contributed by atoms with E-state index in [0.29, 0.717) is 0 Å². The molecule has 2 rings (SSSR count). The molecule has 0 saturated carbocycles. The van der Waals surface area contributed by atoms with Crippen LogP contribution in [0.3, 0.4) is 0 Å². The molecule has 0 aliphatic heterocycles. The highest BCUT2D eigenvalue weighted by Crippen LogP contribution is 2.29. The van der Waals surface area contributed by atoms with E-state index in [1.165, 1.54) is 11.1 Å². The number of hydrogen-bond acceptors (Lipinski definition) is 1. The van der Waals surface area contributed by atoms with Crippen molar-refractivity contribution in [1.29, 1.82) is 0 Å². The van der Waals surface area contributed by atoms with Crippen molar-refractivity contribution in [3.63, 3.8) is 0 Å². The van der Waals surface area contributed by atoms with Gasteiger partial charge in [0.05, 0.1) is 0 Å². The minimum Gasteiger partial charge on any atom is -0.313 e. The van der Waals surface area contributed by atoms with Gasteiger partial charge in [-0.1, -0.05) is 53.0 Å². The van der Waals surface area contributed by atoms with Gasteiger partial charge < -0.3 is 5.32 Å². The molecule has 0 amide bonds. The first-order chi connectivity index (χ1) is 9.60. The molecule has 1 unspecified atom stereocenters. The lowest BCUT2D eigenvalue weighted by atomic mass is 9.98. The predicted molar refractivity (Wildman–Crippen MR) is 87.8 cm³/mol. The van der Waals surface area contributed by atoms with Crippen molar-refractivity contribution >= 4 is 23.2 Å². The molecule has 2 aromatic rings. The first-order valence-electron chi connectivity index (χ1n) is 6.78. The highest BCUT2D eigenvalue weighted by atomic mass is 35.5. The molecular formula is C17H19Cl2N. The Labute approximate surface area is 130 Å². The number of nitrogens with one attached hydrogen (secondary N) is 1. The summed E-state index contributed by atoms with van der Waals surface area (Å²) in [7, 11) is 1.96.